The molecular weight excluding hydrogens is 266 g/mol. The third kappa shape index (κ3) is 4.91. The summed E-state index contributed by atoms with van der Waals surface area (Å²) in [5.74, 6) is 0. The molecule has 0 unspecified atom stereocenters. The summed E-state index contributed by atoms with van der Waals surface area (Å²) in [6, 6.07) is 6.76. The number of ether oxygens (including phenoxy) is 1. The van der Waals surface area contributed by atoms with Crippen molar-refractivity contribution < 1.29 is 18.0 Å². The molecule has 0 aliphatic carbocycles. The summed E-state index contributed by atoms with van der Waals surface area (Å²) in [5.41, 5.74) is 1.07. The van der Waals surface area contributed by atoms with Crippen LogP contribution in [-0.2, 0) is 25.0 Å². The summed E-state index contributed by atoms with van der Waals surface area (Å²) in [6.07, 6.45) is 0. The quantitative estimate of drug-likeness (QED) is 0.640. The highest BCUT2D eigenvalue weighted by Gasteiger charge is 2.17. The zero-order valence-corrected chi connectivity index (χ0v) is 12.6. The van der Waals surface area contributed by atoms with E-state index >= 15 is 0 Å². The maximum absolute atomic E-state index is 11.9. The second-order valence-electron chi connectivity index (χ2n) is 5.20. The van der Waals surface area contributed by atoms with Crippen LogP contribution in [0.4, 0.5) is 0 Å². The van der Waals surface area contributed by atoms with Gasteiger partial charge < -0.3 is 4.74 Å². The molecule has 0 spiro atoms. The van der Waals surface area contributed by atoms with Crippen LogP contribution in [0.3, 0.4) is 0 Å². The third-order valence-corrected chi connectivity index (χ3v) is 3.82. The van der Waals surface area contributed by atoms with E-state index in [1.54, 1.807) is 12.1 Å². The molecule has 1 rings (SSSR count). The molecule has 0 aliphatic heterocycles. The number of rotatable bonds is 6. The van der Waals surface area contributed by atoms with Crippen molar-refractivity contribution in [2.75, 3.05) is 20.3 Å². The van der Waals surface area contributed by atoms with Gasteiger partial charge in [-0.25, -0.2) is 8.42 Å². The van der Waals surface area contributed by atoms with E-state index in [1.807, 2.05) is 12.1 Å². The van der Waals surface area contributed by atoms with Crippen LogP contribution in [0.15, 0.2) is 29.2 Å². The van der Waals surface area contributed by atoms with E-state index in [0.717, 1.165) is 5.56 Å². The number of sulfonamides is 1. The molecule has 5 nitrogen and oxygen atoms in total. The molecule has 19 heavy (non-hydrogen) atoms. The normalized spacial score (nSPS) is 12.6. The van der Waals surface area contributed by atoms with Crippen molar-refractivity contribution in [1.29, 1.82) is 0 Å². The van der Waals surface area contributed by atoms with E-state index in [0.29, 0.717) is 6.61 Å². The standard InChI is InChI=1S/C13H21NO4S/c1-13(2,3)11-5-7-12(8-6-11)19(15,16)14-18-10-9-17-4/h5-8,14H,9-10H2,1-4H3. The van der Waals surface area contributed by atoms with Crippen LogP contribution in [0.2, 0.25) is 0 Å². The average Bonchev–Trinajstić information content (AvgIpc) is 2.34. The summed E-state index contributed by atoms with van der Waals surface area (Å²) in [7, 11) is -2.11. The van der Waals surface area contributed by atoms with Gasteiger partial charge in [-0.3, -0.25) is 4.84 Å². The third-order valence-electron chi connectivity index (χ3n) is 2.59. The lowest BCUT2D eigenvalue weighted by atomic mass is 9.87. The van der Waals surface area contributed by atoms with Gasteiger partial charge >= 0.3 is 0 Å². The van der Waals surface area contributed by atoms with Gasteiger partial charge in [-0.05, 0) is 23.1 Å². The van der Waals surface area contributed by atoms with Crippen LogP contribution in [0.1, 0.15) is 26.3 Å². The summed E-state index contributed by atoms with van der Waals surface area (Å²) in [4.78, 5) is 7.07. The predicted molar refractivity (Wildman–Crippen MR) is 73.3 cm³/mol. The van der Waals surface area contributed by atoms with Crippen LogP contribution in [-0.4, -0.2) is 28.7 Å². The van der Waals surface area contributed by atoms with Crippen molar-refractivity contribution in [2.24, 2.45) is 0 Å². The minimum atomic E-state index is -3.63. The Labute approximate surface area is 114 Å². The van der Waals surface area contributed by atoms with Crippen LogP contribution in [0, 0.1) is 0 Å². The van der Waals surface area contributed by atoms with E-state index in [9.17, 15) is 8.42 Å². The molecular formula is C13H21NO4S. The monoisotopic (exact) mass is 287 g/mol. The first-order valence-electron chi connectivity index (χ1n) is 6.00. The predicted octanol–water partition coefficient (Wildman–Crippen LogP) is 1.84. The molecule has 0 heterocycles. The lowest BCUT2D eigenvalue weighted by molar-refractivity contribution is 0.0438. The van der Waals surface area contributed by atoms with Gasteiger partial charge in [0.25, 0.3) is 10.0 Å². The molecule has 6 heteroatoms. The summed E-state index contributed by atoms with van der Waals surface area (Å²) in [6.45, 7) is 6.70. The molecule has 0 aromatic heterocycles. The number of hydrogen-bond acceptors (Lipinski definition) is 4. The van der Waals surface area contributed by atoms with Crippen LogP contribution >= 0.6 is 0 Å². The van der Waals surface area contributed by atoms with E-state index in [-0.39, 0.29) is 16.9 Å². The van der Waals surface area contributed by atoms with Gasteiger partial charge in [0.15, 0.2) is 0 Å². The first kappa shape index (κ1) is 16.1. The van der Waals surface area contributed by atoms with Gasteiger partial charge in [0.1, 0.15) is 0 Å². The highest BCUT2D eigenvalue weighted by Crippen LogP contribution is 2.23. The molecule has 1 aromatic carbocycles. The smallest absolute Gasteiger partial charge is 0.262 e. The van der Waals surface area contributed by atoms with E-state index in [2.05, 4.69) is 25.7 Å². The van der Waals surface area contributed by atoms with Gasteiger partial charge in [0.05, 0.1) is 18.1 Å². The fourth-order valence-electron chi connectivity index (χ4n) is 1.43. The van der Waals surface area contributed by atoms with Gasteiger partial charge in [-0.15, -0.1) is 0 Å². The number of methoxy groups -OCH3 is 1. The van der Waals surface area contributed by atoms with Crippen molar-refractivity contribution in [2.45, 2.75) is 31.1 Å². The lowest BCUT2D eigenvalue weighted by Gasteiger charge is -2.19. The molecule has 0 saturated carbocycles. The Balaban J connectivity index is 2.74. The Hall–Kier alpha value is -0.950. The molecule has 0 fully saturated rings. The van der Waals surface area contributed by atoms with E-state index in [1.165, 1.54) is 7.11 Å². The maximum atomic E-state index is 11.9. The topological polar surface area (TPSA) is 64.6 Å². The van der Waals surface area contributed by atoms with E-state index < -0.39 is 10.0 Å². The maximum Gasteiger partial charge on any atom is 0.262 e. The SMILES string of the molecule is COCCONS(=O)(=O)c1ccc(C(C)(C)C)cc1. The second kappa shape index (κ2) is 6.47. The zero-order valence-electron chi connectivity index (χ0n) is 11.8. The Bertz CT molecular complexity index is 488. The van der Waals surface area contributed by atoms with Crippen molar-refractivity contribution >= 4 is 10.0 Å². The van der Waals surface area contributed by atoms with Crippen LogP contribution in [0.25, 0.3) is 0 Å². The Morgan fingerprint density at radius 1 is 1.11 bits per heavy atom. The van der Waals surface area contributed by atoms with Gasteiger partial charge in [-0.1, -0.05) is 37.8 Å². The minimum Gasteiger partial charge on any atom is -0.382 e. The molecule has 0 bridgehead atoms. The first-order chi connectivity index (χ1) is 8.77. The fourth-order valence-corrected chi connectivity index (χ4v) is 2.26. The summed E-state index contributed by atoms with van der Waals surface area (Å²) in [5, 5.41) is 0. The van der Waals surface area contributed by atoms with Crippen LogP contribution in [0.5, 0.6) is 0 Å². The van der Waals surface area contributed by atoms with Crippen molar-refractivity contribution in [3.05, 3.63) is 29.8 Å². The molecule has 0 atom stereocenters. The highest BCUT2D eigenvalue weighted by atomic mass is 32.2. The lowest BCUT2D eigenvalue weighted by Crippen LogP contribution is -2.25. The number of benzene rings is 1. The van der Waals surface area contributed by atoms with Crippen molar-refractivity contribution in [3.63, 3.8) is 0 Å². The molecule has 0 amide bonds. The Morgan fingerprint density at radius 2 is 1.68 bits per heavy atom. The largest absolute Gasteiger partial charge is 0.382 e. The Morgan fingerprint density at radius 3 is 2.16 bits per heavy atom. The average molecular weight is 287 g/mol. The molecule has 0 saturated heterocycles. The first-order valence-corrected chi connectivity index (χ1v) is 7.49. The van der Waals surface area contributed by atoms with Gasteiger partial charge in [0.2, 0.25) is 0 Å². The summed E-state index contributed by atoms with van der Waals surface area (Å²) >= 11 is 0. The minimum absolute atomic E-state index is 0.00924. The highest BCUT2D eigenvalue weighted by molar-refractivity contribution is 7.89. The number of nitrogens with one attached hydrogen (secondary N) is 1. The molecule has 1 aromatic rings. The Kier molecular flexibility index (Phi) is 5.49. The molecule has 0 radical (unpaired) electrons. The van der Waals surface area contributed by atoms with E-state index in [4.69, 9.17) is 9.57 Å². The van der Waals surface area contributed by atoms with Gasteiger partial charge in [0, 0.05) is 7.11 Å². The number of hydrogen-bond donors (Lipinski definition) is 1. The zero-order chi connectivity index (χ0) is 14.5. The second-order valence-corrected chi connectivity index (χ2v) is 6.85. The summed E-state index contributed by atoms with van der Waals surface area (Å²) < 4.78 is 28.5. The fraction of sp³-hybridized carbons (Fsp3) is 0.538. The molecule has 108 valence electrons. The molecule has 0 aliphatic rings. The van der Waals surface area contributed by atoms with Crippen molar-refractivity contribution in [3.8, 4) is 0 Å². The van der Waals surface area contributed by atoms with Gasteiger partial charge in [-0.2, -0.15) is 0 Å². The van der Waals surface area contributed by atoms with Crippen molar-refractivity contribution in [1.82, 2.24) is 4.89 Å². The van der Waals surface area contributed by atoms with Crippen LogP contribution < -0.4 is 4.89 Å². The molecule has 1 N–H and O–H groups in total.